The van der Waals surface area contributed by atoms with E-state index in [-0.39, 0.29) is 5.56 Å². The molecule has 0 fully saturated rings. The third-order valence-corrected chi connectivity index (χ3v) is 4.20. The first-order chi connectivity index (χ1) is 12.4. The molecule has 3 aromatic carbocycles. The molecule has 130 valence electrons. The fourth-order valence-corrected chi connectivity index (χ4v) is 2.98. The molecule has 0 unspecified atom stereocenters. The van der Waals surface area contributed by atoms with E-state index < -0.39 is 11.7 Å². The Balaban J connectivity index is 1.83. The molecule has 0 aliphatic carbocycles. The minimum absolute atomic E-state index is 0.121. The molecular formula is C21H14F3NO. The molecule has 0 aliphatic rings. The van der Waals surface area contributed by atoms with E-state index in [2.05, 4.69) is 4.98 Å². The SMILES string of the molecule is Cc1cccc(-c2nc3ccc(-c4ccccc4C(F)(F)F)cc3o2)c1. The van der Waals surface area contributed by atoms with Crippen molar-refractivity contribution in [2.24, 2.45) is 0 Å². The fraction of sp³-hybridized carbons (Fsp3) is 0.0952. The summed E-state index contributed by atoms with van der Waals surface area (Å²) in [5, 5.41) is 0. The summed E-state index contributed by atoms with van der Waals surface area (Å²) < 4.78 is 45.6. The number of hydrogen-bond donors (Lipinski definition) is 0. The van der Waals surface area contributed by atoms with Crippen LogP contribution in [0.4, 0.5) is 13.2 Å². The highest BCUT2D eigenvalue weighted by molar-refractivity contribution is 5.83. The number of aromatic nitrogens is 1. The molecule has 0 spiro atoms. The van der Waals surface area contributed by atoms with Crippen LogP contribution in [-0.2, 0) is 6.18 Å². The van der Waals surface area contributed by atoms with Gasteiger partial charge < -0.3 is 4.42 Å². The molecule has 0 radical (unpaired) electrons. The summed E-state index contributed by atoms with van der Waals surface area (Å²) in [7, 11) is 0. The van der Waals surface area contributed by atoms with Crippen LogP contribution in [-0.4, -0.2) is 4.98 Å². The number of fused-ring (bicyclic) bond motifs is 1. The van der Waals surface area contributed by atoms with Crippen molar-refractivity contribution < 1.29 is 17.6 Å². The topological polar surface area (TPSA) is 26.0 Å². The number of rotatable bonds is 2. The molecule has 2 nitrogen and oxygen atoms in total. The third-order valence-electron chi connectivity index (χ3n) is 4.20. The highest BCUT2D eigenvalue weighted by Gasteiger charge is 2.33. The average Bonchev–Trinajstić information content (AvgIpc) is 3.04. The molecule has 5 heteroatoms. The average molecular weight is 353 g/mol. The zero-order valence-electron chi connectivity index (χ0n) is 13.8. The number of nitrogens with zero attached hydrogens (tertiary/aromatic N) is 1. The third kappa shape index (κ3) is 2.96. The second kappa shape index (κ2) is 6.02. The van der Waals surface area contributed by atoms with Crippen LogP contribution < -0.4 is 0 Å². The van der Waals surface area contributed by atoms with Crippen molar-refractivity contribution in [1.29, 1.82) is 0 Å². The smallest absolute Gasteiger partial charge is 0.417 e. The summed E-state index contributed by atoms with van der Waals surface area (Å²) in [6, 6.07) is 18.1. The lowest BCUT2D eigenvalue weighted by molar-refractivity contribution is -0.137. The minimum atomic E-state index is -4.42. The van der Waals surface area contributed by atoms with E-state index in [0.29, 0.717) is 22.6 Å². The van der Waals surface area contributed by atoms with E-state index in [1.54, 1.807) is 24.3 Å². The van der Waals surface area contributed by atoms with Gasteiger partial charge in [-0.1, -0.05) is 42.0 Å². The fourth-order valence-electron chi connectivity index (χ4n) is 2.98. The lowest BCUT2D eigenvalue weighted by Gasteiger charge is -2.12. The van der Waals surface area contributed by atoms with Gasteiger partial charge in [0.15, 0.2) is 5.58 Å². The van der Waals surface area contributed by atoms with Gasteiger partial charge in [0, 0.05) is 5.56 Å². The van der Waals surface area contributed by atoms with Gasteiger partial charge in [-0.2, -0.15) is 13.2 Å². The van der Waals surface area contributed by atoms with Crippen molar-refractivity contribution in [2.75, 3.05) is 0 Å². The van der Waals surface area contributed by atoms with E-state index in [1.807, 2.05) is 31.2 Å². The summed E-state index contributed by atoms with van der Waals surface area (Å²) in [4.78, 5) is 4.44. The van der Waals surface area contributed by atoms with E-state index in [9.17, 15) is 13.2 Å². The summed E-state index contributed by atoms with van der Waals surface area (Å²) in [6.45, 7) is 1.97. The molecule has 26 heavy (non-hydrogen) atoms. The van der Waals surface area contributed by atoms with E-state index in [1.165, 1.54) is 12.1 Å². The molecule has 1 aromatic heterocycles. The Morgan fingerprint density at radius 1 is 0.846 bits per heavy atom. The maximum Gasteiger partial charge on any atom is 0.417 e. The number of oxazole rings is 1. The van der Waals surface area contributed by atoms with Crippen LogP contribution in [0.25, 0.3) is 33.7 Å². The molecule has 4 rings (SSSR count). The van der Waals surface area contributed by atoms with Gasteiger partial charge in [-0.15, -0.1) is 0 Å². The van der Waals surface area contributed by atoms with E-state index in [4.69, 9.17) is 4.42 Å². The predicted octanol–water partition coefficient (Wildman–Crippen LogP) is 6.49. The summed E-state index contributed by atoms with van der Waals surface area (Å²) in [5.41, 5.74) is 2.86. The van der Waals surface area contributed by atoms with E-state index in [0.717, 1.165) is 17.2 Å². The molecular weight excluding hydrogens is 339 g/mol. The minimum Gasteiger partial charge on any atom is -0.436 e. The van der Waals surface area contributed by atoms with Gasteiger partial charge in [-0.05, 0) is 48.4 Å². The van der Waals surface area contributed by atoms with Crippen molar-refractivity contribution in [3.8, 4) is 22.6 Å². The molecule has 0 saturated heterocycles. The molecule has 0 amide bonds. The van der Waals surface area contributed by atoms with Gasteiger partial charge in [0.1, 0.15) is 5.52 Å². The zero-order chi connectivity index (χ0) is 18.3. The lowest BCUT2D eigenvalue weighted by Crippen LogP contribution is -2.06. The van der Waals surface area contributed by atoms with Crippen molar-refractivity contribution in [2.45, 2.75) is 13.1 Å². The Morgan fingerprint density at radius 3 is 2.42 bits per heavy atom. The van der Waals surface area contributed by atoms with Gasteiger partial charge >= 0.3 is 6.18 Å². The quantitative estimate of drug-likeness (QED) is 0.412. The van der Waals surface area contributed by atoms with Crippen molar-refractivity contribution in [1.82, 2.24) is 4.98 Å². The molecule has 0 saturated carbocycles. The lowest BCUT2D eigenvalue weighted by atomic mass is 9.99. The van der Waals surface area contributed by atoms with Crippen LogP contribution in [0.2, 0.25) is 0 Å². The van der Waals surface area contributed by atoms with Gasteiger partial charge in [0.2, 0.25) is 5.89 Å². The molecule has 4 aromatic rings. The second-order valence-corrected chi connectivity index (χ2v) is 6.11. The number of hydrogen-bond acceptors (Lipinski definition) is 2. The molecule has 1 heterocycles. The largest absolute Gasteiger partial charge is 0.436 e. The Hall–Kier alpha value is -3.08. The normalized spacial score (nSPS) is 11.8. The first-order valence-corrected chi connectivity index (χ1v) is 8.06. The highest BCUT2D eigenvalue weighted by atomic mass is 19.4. The van der Waals surface area contributed by atoms with Gasteiger partial charge in [-0.3, -0.25) is 0 Å². The van der Waals surface area contributed by atoms with Crippen LogP contribution in [0, 0.1) is 6.92 Å². The van der Waals surface area contributed by atoms with Crippen LogP contribution in [0.15, 0.2) is 71.1 Å². The summed E-state index contributed by atoms with van der Waals surface area (Å²) >= 11 is 0. The number of alkyl halides is 3. The Kier molecular flexibility index (Phi) is 3.80. The summed E-state index contributed by atoms with van der Waals surface area (Å²) in [6.07, 6.45) is -4.42. The number of aryl methyl sites for hydroxylation is 1. The van der Waals surface area contributed by atoms with Gasteiger partial charge in [0.05, 0.1) is 5.56 Å². The first kappa shape index (κ1) is 16.4. The molecule has 0 N–H and O–H groups in total. The molecule has 0 atom stereocenters. The van der Waals surface area contributed by atoms with Gasteiger partial charge in [-0.25, -0.2) is 4.98 Å². The Labute approximate surface area is 147 Å². The first-order valence-electron chi connectivity index (χ1n) is 8.06. The van der Waals surface area contributed by atoms with E-state index >= 15 is 0 Å². The van der Waals surface area contributed by atoms with Crippen LogP contribution in [0.3, 0.4) is 0 Å². The summed E-state index contributed by atoms with van der Waals surface area (Å²) in [5.74, 6) is 0.449. The zero-order valence-corrected chi connectivity index (χ0v) is 13.8. The number of halogens is 3. The monoisotopic (exact) mass is 353 g/mol. The maximum atomic E-state index is 13.3. The van der Waals surface area contributed by atoms with Crippen LogP contribution in [0.5, 0.6) is 0 Å². The molecule has 0 bridgehead atoms. The van der Waals surface area contributed by atoms with Crippen LogP contribution >= 0.6 is 0 Å². The molecule has 0 aliphatic heterocycles. The Morgan fingerprint density at radius 2 is 1.65 bits per heavy atom. The standard InChI is InChI=1S/C21H14F3NO/c1-13-5-4-6-15(11-13)20-25-18-10-9-14(12-19(18)26-20)16-7-2-3-8-17(16)21(22,23)24/h2-12H,1H3. The van der Waals surface area contributed by atoms with Gasteiger partial charge in [0.25, 0.3) is 0 Å². The predicted molar refractivity (Wildman–Crippen MR) is 94.6 cm³/mol. The van der Waals surface area contributed by atoms with Crippen LogP contribution in [0.1, 0.15) is 11.1 Å². The maximum absolute atomic E-state index is 13.3. The van der Waals surface area contributed by atoms with Crippen molar-refractivity contribution in [3.63, 3.8) is 0 Å². The second-order valence-electron chi connectivity index (χ2n) is 6.11. The Bertz CT molecular complexity index is 1100. The van der Waals surface area contributed by atoms with Crippen molar-refractivity contribution >= 4 is 11.1 Å². The number of benzene rings is 3. The highest BCUT2D eigenvalue weighted by Crippen LogP contribution is 2.38. The van der Waals surface area contributed by atoms with Crippen molar-refractivity contribution in [3.05, 3.63) is 77.9 Å².